The quantitative estimate of drug-likeness (QED) is 0.750. The molecule has 0 unspecified atom stereocenters. The standard InChI is InChI=1S/C15H22N2O3/c1-11(2)10-20-9-8-14(18)17-13-6-4-12(5-7-13)15(19)16-3/h4-7,11H,8-10H2,1-3H3,(H,16,19)(H,17,18). The van der Waals surface area contributed by atoms with E-state index in [0.717, 1.165) is 0 Å². The van der Waals surface area contributed by atoms with Gasteiger partial charge in [0.15, 0.2) is 0 Å². The van der Waals surface area contributed by atoms with Crippen LogP contribution in [-0.2, 0) is 9.53 Å². The second kappa shape index (κ2) is 8.32. The van der Waals surface area contributed by atoms with Crippen LogP contribution in [0.2, 0.25) is 0 Å². The molecule has 5 heteroatoms. The van der Waals surface area contributed by atoms with E-state index in [1.54, 1.807) is 31.3 Å². The second-order valence-electron chi connectivity index (χ2n) is 4.92. The predicted molar refractivity (Wildman–Crippen MR) is 78.7 cm³/mol. The zero-order valence-electron chi connectivity index (χ0n) is 12.2. The van der Waals surface area contributed by atoms with E-state index in [4.69, 9.17) is 4.74 Å². The van der Waals surface area contributed by atoms with Gasteiger partial charge in [0.2, 0.25) is 5.91 Å². The maximum Gasteiger partial charge on any atom is 0.251 e. The Bertz CT molecular complexity index is 441. The third kappa shape index (κ3) is 5.84. The normalized spacial score (nSPS) is 10.4. The van der Waals surface area contributed by atoms with Gasteiger partial charge in [0.25, 0.3) is 5.91 Å². The molecule has 1 aromatic rings. The van der Waals surface area contributed by atoms with Crippen molar-refractivity contribution in [2.24, 2.45) is 5.92 Å². The van der Waals surface area contributed by atoms with Gasteiger partial charge in [-0.05, 0) is 30.2 Å². The van der Waals surface area contributed by atoms with Gasteiger partial charge in [0.05, 0.1) is 13.0 Å². The molecule has 20 heavy (non-hydrogen) atoms. The van der Waals surface area contributed by atoms with Crippen LogP contribution in [0.4, 0.5) is 5.69 Å². The maximum atomic E-state index is 11.7. The van der Waals surface area contributed by atoms with E-state index in [1.165, 1.54) is 0 Å². The first-order valence-electron chi connectivity index (χ1n) is 6.72. The van der Waals surface area contributed by atoms with Crippen molar-refractivity contribution in [3.05, 3.63) is 29.8 Å². The number of ether oxygens (including phenoxy) is 1. The van der Waals surface area contributed by atoms with Crippen LogP contribution < -0.4 is 10.6 Å². The molecule has 0 spiro atoms. The van der Waals surface area contributed by atoms with Gasteiger partial charge in [-0.1, -0.05) is 13.8 Å². The molecule has 0 aliphatic carbocycles. The molecule has 0 saturated carbocycles. The minimum Gasteiger partial charge on any atom is -0.381 e. The number of carbonyl (C=O) groups is 2. The molecule has 2 N–H and O–H groups in total. The van der Waals surface area contributed by atoms with Gasteiger partial charge in [0, 0.05) is 24.9 Å². The summed E-state index contributed by atoms with van der Waals surface area (Å²) in [6, 6.07) is 6.75. The topological polar surface area (TPSA) is 67.4 Å². The molecule has 0 aliphatic heterocycles. The summed E-state index contributed by atoms with van der Waals surface area (Å²) in [6.07, 6.45) is 0.323. The average molecular weight is 278 g/mol. The lowest BCUT2D eigenvalue weighted by Crippen LogP contribution is -2.18. The van der Waals surface area contributed by atoms with Crippen molar-refractivity contribution in [2.75, 3.05) is 25.6 Å². The monoisotopic (exact) mass is 278 g/mol. The van der Waals surface area contributed by atoms with Gasteiger partial charge >= 0.3 is 0 Å². The minimum absolute atomic E-state index is 0.0959. The molecule has 0 fully saturated rings. The fourth-order valence-electron chi connectivity index (χ4n) is 1.56. The number of hydrogen-bond donors (Lipinski definition) is 2. The van der Waals surface area contributed by atoms with Crippen molar-refractivity contribution in [1.82, 2.24) is 5.32 Å². The molecular formula is C15H22N2O3. The van der Waals surface area contributed by atoms with Crippen LogP contribution in [0.3, 0.4) is 0 Å². The molecule has 0 aromatic heterocycles. The van der Waals surface area contributed by atoms with Gasteiger partial charge in [-0.2, -0.15) is 0 Å². The van der Waals surface area contributed by atoms with E-state index in [2.05, 4.69) is 24.5 Å². The summed E-state index contributed by atoms with van der Waals surface area (Å²) in [5.41, 5.74) is 1.23. The predicted octanol–water partition coefficient (Wildman–Crippen LogP) is 2.05. The van der Waals surface area contributed by atoms with Crippen LogP contribution in [0, 0.1) is 5.92 Å². The molecule has 0 saturated heterocycles. The summed E-state index contributed by atoms with van der Waals surface area (Å²) < 4.78 is 5.35. The van der Waals surface area contributed by atoms with E-state index in [-0.39, 0.29) is 11.8 Å². The SMILES string of the molecule is CNC(=O)c1ccc(NC(=O)CCOCC(C)C)cc1. The fourth-order valence-corrected chi connectivity index (χ4v) is 1.56. The Morgan fingerprint density at radius 2 is 1.85 bits per heavy atom. The molecule has 5 nitrogen and oxygen atoms in total. The van der Waals surface area contributed by atoms with Crippen molar-refractivity contribution in [3.63, 3.8) is 0 Å². The summed E-state index contributed by atoms with van der Waals surface area (Å²) in [7, 11) is 1.58. The Balaban J connectivity index is 2.36. The van der Waals surface area contributed by atoms with Crippen LogP contribution in [0.15, 0.2) is 24.3 Å². The first kappa shape index (κ1) is 16.2. The van der Waals surface area contributed by atoms with Gasteiger partial charge in [0.1, 0.15) is 0 Å². The van der Waals surface area contributed by atoms with Crippen LogP contribution >= 0.6 is 0 Å². The van der Waals surface area contributed by atoms with Crippen LogP contribution in [0.1, 0.15) is 30.6 Å². The lowest BCUT2D eigenvalue weighted by atomic mass is 10.2. The van der Waals surface area contributed by atoms with Crippen LogP contribution in [-0.4, -0.2) is 32.1 Å². The van der Waals surface area contributed by atoms with Gasteiger partial charge < -0.3 is 15.4 Å². The summed E-state index contributed by atoms with van der Waals surface area (Å²) in [4.78, 5) is 23.0. The van der Waals surface area contributed by atoms with Crippen LogP contribution in [0.25, 0.3) is 0 Å². The van der Waals surface area contributed by atoms with Crippen molar-refractivity contribution >= 4 is 17.5 Å². The van der Waals surface area contributed by atoms with E-state index in [1.807, 2.05) is 0 Å². The van der Waals surface area contributed by atoms with Crippen molar-refractivity contribution < 1.29 is 14.3 Å². The summed E-state index contributed by atoms with van der Waals surface area (Å²) in [5.74, 6) is 0.224. The number of nitrogens with one attached hydrogen (secondary N) is 2. The smallest absolute Gasteiger partial charge is 0.251 e. The molecule has 110 valence electrons. The van der Waals surface area contributed by atoms with Crippen LogP contribution in [0.5, 0.6) is 0 Å². The Kier molecular flexibility index (Phi) is 6.73. The van der Waals surface area contributed by atoms with Gasteiger partial charge in [-0.3, -0.25) is 9.59 Å². The molecule has 2 amide bonds. The highest BCUT2D eigenvalue weighted by Crippen LogP contribution is 2.10. The largest absolute Gasteiger partial charge is 0.381 e. The first-order chi connectivity index (χ1) is 9.52. The number of amides is 2. The maximum absolute atomic E-state index is 11.7. The van der Waals surface area contributed by atoms with E-state index in [9.17, 15) is 9.59 Å². The molecule has 0 bridgehead atoms. The Labute approximate surface area is 119 Å². The molecule has 0 atom stereocenters. The second-order valence-corrected chi connectivity index (χ2v) is 4.92. The molecular weight excluding hydrogens is 256 g/mol. The lowest BCUT2D eigenvalue weighted by molar-refractivity contribution is -0.117. The number of carbonyl (C=O) groups excluding carboxylic acids is 2. The van der Waals surface area contributed by atoms with Crippen molar-refractivity contribution in [2.45, 2.75) is 20.3 Å². The zero-order valence-corrected chi connectivity index (χ0v) is 12.2. The summed E-state index contributed by atoms with van der Waals surface area (Å²) in [6.45, 7) is 5.20. The molecule has 0 heterocycles. The van der Waals surface area contributed by atoms with Gasteiger partial charge in [-0.25, -0.2) is 0 Å². The van der Waals surface area contributed by atoms with E-state index < -0.39 is 0 Å². The number of benzene rings is 1. The molecule has 1 rings (SSSR count). The average Bonchev–Trinajstić information content (AvgIpc) is 2.43. The fraction of sp³-hybridized carbons (Fsp3) is 0.467. The lowest BCUT2D eigenvalue weighted by Gasteiger charge is -2.08. The number of hydrogen-bond acceptors (Lipinski definition) is 3. The Hall–Kier alpha value is -1.88. The highest BCUT2D eigenvalue weighted by atomic mass is 16.5. The first-order valence-corrected chi connectivity index (χ1v) is 6.72. The molecule has 0 radical (unpaired) electrons. The molecule has 0 aliphatic rings. The van der Waals surface area contributed by atoms with E-state index in [0.29, 0.717) is 36.8 Å². The van der Waals surface area contributed by atoms with Crippen molar-refractivity contribution in [1.29, 1.82) is 0 Å². The van der Waals surface area contributed by atoms with Gasteiger partial charge in [-0.15, -0.1) is 0 Å². The third-order valence-electron chi connectivity index (χ3n) is 2.58. The molecule has 1 aromatic carbocycles. The minimum atomic E-state index is -0.148. The highest BCUT2D eigenvalue weighted by Gasteiger charge is 2.05. The summed E-state index contributed by atoms with van der Waals surface area (Å²) in [5, 5.41) is 5.31. The summed E-state index contributed by atoms with van der Waals surface area (Å²) >= 11 is 0. The Morgan fingerprint density at radius 3 is 2.40 bits per heavy atom. The zero-order chi connectivity index (χ0) is 15.0. The third-order valence-corrected chi connectivity index (χ3v) is 2.58. The number of anilines is 1. The van der Waals surface area contributed by atoms with E-state index >= 15 is 0 Å². The highest BCUT2D eigenvalue weighted by molar-refractivity contribution is 5.95. The van der Waals surface area contributed by atoms with Crippen molar-refractivity contribution in [3.8, 4) is 0 Å². The Morgan fingerprint density at radius 1 is 1.20 bits per heavy atom. The number of rotatable bonds is 7.